The van der Waals surface area contributed by atoms with Gasteiger partial charge in [0.2, 0.25) is 0 Å². The zero-order valence-corrected chi connectivity index (χ0v) is 21.0. The number of allylic oxidation sites excluding steroid dienone is 2. The number of hydrogen-bond acceptors (Lipinski definition) is 5. The summed E-state index contributed by atoms with van der Waals surface area (Å²) in [7, 11) is 3.20. The summed E-state index contributed by atoms with van der Waals surface area (Å²) in [6.45, 7) is 4.00. The zero-order valence-electron chi connectivity index (χ0n) is 21.0. The van der Waals surface area contributed by atoms with E-state index in [0.717, 1.165) is 40.2 Å². The highest BCUT2D eigenvalue weighted by molar-refractivity contribution is 6.06. The van der Waals surface area contributed by atoms with Crippen molar-refractivity contribution in [2.24, 2.45) is 0 Å². The molecule has 6 nitrogen and oxygen atoms in total. The first-order chi connectivity index (χ1) is 17.6. The van der Waals surface area contributed by atoms with E-state index in [0.29, 0.717) is 28.6 Å². The van der Waals surface area contributed by atoms with Crippen molar-refractivity contribution in [3.8, 4) is 23.0 Å². The molecule has 0 atom stereocenters. The molecule has 0 aliphatic heterocycles. The minimum Gasteiger partial charge on any atom is -0.493 e. The number of anilines is 1. The van der Waals surface area contributed by atoms with E-state index in [1.165, 1.54) is 0 Å². The van der Waals surface area contributed by atoms with Crippen LogP contribution >= 0.6 is 0 Å². The van der Waals surface area contributed by atoms with Gasteiger partial charge in [0.25, 0.3) is 5.91 Å². The number of ether oxygens (including phenoxy) is 3. The van der Waals surface area contributed by atoms with Gasteiger partial charge in [-0.25, -0.2) is 0 Å². The summed E-state index contributed by atoms with van der Waals surface area (Å²) in [5, 5.41) is 5.81. The molecule has 0 unspecified atom stereocenters. The lowest BCUT2D eigenvalue weighted by Gasteiger charge is -2.13. The van der Waals surface area contributed by atoms with E-state index >= 15 is 0 Å². The maximum atomic E-state index is 12.5. The molecule has 0 saturated carbocycles. The SMILES string of the molecule is CC.COc1cc2nccc(Oc3ccc4cc(NC(=O)C5=CCCC=C5)ccc4c3)c2cc1OC. The van der Waals surface area contributed by atoms with E-state index < -0.39 is 0 Å². The largest absolute Gasteiger partial charge is 0.493 e. The zero-order chi connectivity index (χ0) is 25.5. The molecule has 1 aliphatic carbocycles. The predicted octanol–water partition coefficient (Wildman–Crippen LogP) is 7.44. The highest BCUT2D eigenvalue weighted by atomic mass is 16.5. The molecular formula is C30H30N2O4. The standard InChI is InChI=1S/C28H24N2O4.C2H6/c1-32-26-16-23-24(17-27(26)33-2)29-13-12-25(23)34-22-11-9-19-14-21(10-8-20(19)15-22)30-28(31)18-6-4-3-5-7-18;1-2/h4,6-17H,3,5H2,1-2H3,(H,30,31);1-2H3. The highest BCUT2D eigenvalue weighted by Gasteiger charge is 2.12. The Kier molecular flexibility index (Phi) is 7.85. The summed E-state index contributed by atoms with van der Waals surface area (Å²) in [6.07, 6.45) is 9.44. The van der Waals surface area contributed by atoms with Gasteiger partial charge < -0.3 is 19.5 Å². The van der Waals surface area contributed by atoms with Crippen LogP contribution in [0.5, 0.6) is 23.0 Å². The van der Waals surface area contributed by atoms with Crippen LogP contribution in [0.4, 0.5) is 5.69 Å². The van der Waals surface area contributed by atoms with Crippen LogP contribution in [0.3, 0.4) is 0 Å². The fourth-order valence-corrected chi connectivity index (χ4v) is 4.01. The van der Waals surface area contributed by atoms with Crippen LogP contribution in [0.15, 0.2) is 84.6 Å². The molecule has 0 radical (unpaired) electrons. The van der Waals surface area contributed by atoms with Gasteiger partial charge in [0.1, 0.15) is 11.5 Å². The van der Waals surface area contributed by atoms with Crippen molar-refractivity contribution >= 4 is 33.3 Å². The Hall–Kier alpha value is -4.32. The van der Waals surface area contributed by atoms with Crippen molar-refractivity contribution in [3.63, 3.8) is 0 Å². The number of pyridine rings is 1. The Morgan fingerprint density at radius 1 is 0.861 bits per heavy atom. The van der Waals surface area contributed by atoms with E-state index in [1.807, 2.05) is 86.7 Å². The second-order valence-electron chi connectivity index (χ2n) is 7.95. The number of hydrogen-bond donors (Lipinski definition) is 1. The number of methoxy groups -OCH3 is 2. The fraction of sp³-hybridized carbons (Fsp3) is 0.200. The van der Waals surface area contributed by atoms with E-state index in [-0.39, 0.29) is 5.91 Å². The number of rotatable bonds is 6. The van der Waals surface area contributed by atoms with Crippen LogP contribution in [0.2, 0.25) is 0 Å². The number of nitrogens with one attached hydrogen (secondary N) is 1. The number of carbonyl (C=O) groups excluding carboxylic acids is 1. The lowest BCUT2D eigenvalue weighted by Crippen LogP contribution is -2.14. The molecule has 1 aliphatic rings. The van der Waals surface area contributed by atoms with Crippen molar-refractivity contribution in [3.05, 3.63) is 84.6 Å². The molecule has 4 aromatic rings. The van der Waals surface area contributed by atoms with E-state index in [9.17, 15) is 4.79 Å². The Morgan fingerprint density at radius 3 is 2.36 bits per heavy atom. The molecule has 0 saturated heterocycles. The van der Waals surface area contributed by atoms with E-state index in [4.69, 9.17) is 14.2 Å². The number of benzene rings is 3. The van der Waals surface area contributed by atoms with Gasteiger partial charge in [-0.1, -0.05) is 44.2 Å². The van der Waals surface area contributed by atoms with Crippen molar-refractivity contribution < 1.29 is 19.0 Å². The van der Waals surface area contributed by atoms with E-state index in [2.05, 4.69) is 10.3 Å². The van der Waals surface area contributed by atoms with Crippen LogP contribution in [0.1, 0.15) is 26.7 Å². The van der Waals surface area contributed by atoms with Gasteiger partial charge in [-0.15, -0.1) is 0 Å². The minimum absolute atomic E-state index is 0.0909. The fourth-order valence-electron chi connectivity index (χ4n) is 4.01. The maximum absolute atomic E-state index is 12.5. The Bertz CT molecular complexity index is 1460. The summed E-state index contributed by atoms with van der Waals surface area (Å²) in [5.41, 5.74) is 2.21. The summed E-state index contributed by atoms with van der Waals surface area (Å²) in [4.78, 5) is 16.9. The minimum atomic E-state index is -0.0909. The molecule has 184 valence electrons. The quantitative estimate of drug-likeness (QED) is 0.309. The molecule has 1 amide bonds. The number of aromatic nitrogens is 1. The van der Waals surface area contributed by atoms with Gasteiger partial charge in [0.05, 0.1) is 19.7 Å². The molecule has 5 rings (SSSR count). The summed E-state index contributed by atoms with van der Waals surface area (Å²) < 4.78 is 17.0. The monoisotopic (exact) mass is 482 g/mol. The first kappa shape index (κ1) is 24.8. The topological polar surface area (TPSA) is 69.7 Å². The lowest BCUT2D eigenvalue weighted by atomic mass is 10.1. The van der Waals surface area contributed by atoms with Gasteiger partial charge in [0, 0.05) is 28.9 Å². The third kappa shape index (κ3) is 5.33. The van der Waals surface area contributed by atoms with Crippen molar-refractivity contribution in [1.29, 1.82) is 0 Å². The van der Waals surface area contributed by atoms with Gasteiger partial charge in [-0.3, -0.25) is 9.78 Å². The molecule has 3 aromatic carbocycles. The number of nitrogens with zero attached hydrogens (tertiary/aromatic N) is 1. The third-order valence-electron chi connectivity index (χ3n) is 5.76. The van der Waals surface area contributed by atoms with Crippen LogP contribution in [0, 0.1) is 0 Å². The van der Waals surface area contributed by atoms with Gasteiger partial charge in [0.15, 0.2) is 11.5 Å². The average molecular weight is 483 g/mol. The maximum Gasteiger partial charge on any atom is 0.255 e. The molecule has 6 heteroatoms. The Balaban J connectivity index is 0.00000148. The van der Waals surface area contributed by atoms with Gasteiger partial charge in [-0.2, -0.15) is 0 Å². The molecule has 0 fully saturated rings. The highest BCUT2D eigenvalue weighted by Crippen LogP contribution is 2.37. The summed E-state index contributed by atoms with van der Waals surface area (Å²) in [6, 6.07) is 17.2. The molecule has 1 heterocycles. The second-order valence-corrected chi connectivity index (χ2v) is 7.95. The van der Waals surface area contributed by atoms with Crippen LogP contribution in [0.25, 0.3) is 21.7 Å². The van der Waals surface area contributed by atoms with Crippen molar-refractivity contribution in [1.82, 2.24) is 4.98 Å². The van der Waals surface area contributed by atoms with Crippen LogP contribution in [-0.4, -0.2) is 25.1 Å². The molecule has 0 spiro atoms. The Morgan fingerprint density at radius 2 is 1.61 bits per heavy atom. The van der Waals surface area contributed by atoms with Crippen molar-refractivity contribution in [2.45, 2.75) is 26.7 Å². The van der Waals surface area contributed by atoms with Gasteiger partial charge >= 0.3 is 0 Å². The Labute approximate surface area is 211 Å². The summed E-state index contributed by atoms with van der Waals surface area (Å²) in [5.74, 6) is 2.50. The molecular weight excluding hydrogens is 452 g/mol. The summed E-state index contributed by atoms with van der Waals surface area (Å²) >= 11 is 0. The average Bonchev–Trinajstić information content (AvgIpc) is 2.94. The predicted molar refractivity (Wildman–Crippen MR) is 145 cm³/mol. The number of amides is 1. The molecule has 0 bridgehead atoms. The third-order valence-corrected chi connectivity index (χ3v) is 5.76. The first-order valence-electron chi connectivity index (χ1n) is 12.0. The normalized spacial score (nSPS) is 12.4. The molecule has 1 N–H and O–H groups in total. The molecule has 36 heavy (non-hydrogen) atoms. The second kappa shape index (κ2) is 11.4. The van der Waals surface area contributed by atoms with Crippen LogP contribution in [-0.2, 0) is 4.79 Å². The van der Waals surface area contributed by atoms with Crippen LogP contribution < -0.4 is 19.5 Å². The lowest BCUT2D eigenvalue weighted by molar-refractivity contribution is -0.112. The number of carbonyl (C=O) groups is 1. The number of fused-ring (bicyclic) bond motifs is 2. The van der Waals surface area contributed by atoms with Gasteiger partial charge in [-0.05, 0) is 60.0 Å². The van der Waals surface area contributed by atoms with E-state index in [1.54, 1.807) is 20.4 Å². The first-order valence-corrected chi connectivity index (χ1v) is 12.0. The smallest absolute Gasteiger partial charge is 0.255 e. The molecule has 1 aromatic heterocycles. The van der Waals surface area contributed by atoms with Crippen molar-refractivity contribution in [2.75, 3.05) is 19.5 Å².